The Morgan fingerprint density at radius 1 is 1.15 bits per heavy atom. The molecular weight excluding hydrogens is 440 g/mol. The van der Waals surface area contributed by atoms with Gasteiger partial charge in [-0.2, -0.15) is 13.2 Å². The Morgan fingerprint density at radius 3 is 2.42 bits per heavy atom. The van der Waals surface area contributed by atoms with Gasteiger partial charge >= 0.3 is 12.1 Å². The van der Waals surface area contributed by atoms with Gasteiger partial charge in [-0.1, -0.05) is 24.3 Å². The third-order valence-electron chi connectivity index (χ3n) is 5.31. The molecule has 0 radical (unpaired) electrons. The van der Waals surface area contributed by atoms with Crippen LogP contribution in [0.5, 0.6) is 0 Å². The van der Waals surface area contributed by atoms with Gasteiger partial charge in [0.05, 0.1) is 12.1 Å². The summed E-state index contributed by atoms with van der Waals surface area (Å²) in [6, 6.07) is 15.1. The predicted molar refractivity (Wildman–Crippen MR) is 117 cm³/mol. The van der Waals surface area contributed by atoms with Gasteiger partial charge < -0.3 is 10.0 Å². The third-order valence-corrected chi connectivity index (χ3v) is 5.31. The number of nitrogens with zero attached hydrogens (tertiary/aromatic N) is 4. The zero-order valence-corrected chi connectivity index (χ0v) is 18.4. The Labute approximate surface area is 189 Å². The first-order valence-corrected chi connectivity index (χ1v) is 10.4. The fraction of sp³-hybridized carbons (Fsp3) is 0.391. The first-order chi connectivity index (χ1) is 15.6. The molecule has 10 heteroatoms. The van der Waals surface area contributed by atoms with Crippen LogP contribution in [0.15, 0.2) is 48.5 Å². The molecule has 0 spiro atoms. The van der Waals surface area contributed by atoms with Gasteiger partial charge in [0, 0.05) is 18.8 Å². The van der Waals surface area contributed by atoms with Crippen molar-refractivity contribution in [3.63, 3.8) is 0 Å². The van der Waals surface area contributed by atoms with Crippen LogP contribution in [0.1, 0.15) is 12.2 Å². The second kappa shape index (κ2) is 10.3. The molecule has 2 heterocycles. The summed E-state index contributed by atoms with van der Waals surface area (Å²) in [5.41, 5.74) is 2.24. The number of aromatic nitrogens is 2. The normalized spacial score (nSPS) is 16.8. The van der Waals surface area contributed by atoms with E-state index < -0.39 is 12.1 Å². The van der Waals surface area contributed by atoms with Gasteiger partial charge in [-0.3, -0.25) is 9.47 Å². The van der Waals surface area contributed by atoms with Crippen LogP contribution in [0, 0.1) is 11.7 Å². The zero-order valence-electron chi connectivity index (χ0n) is 18.4. The van der Waals surface area contributed by atoms with Crippen LogP contribution < -0.4 is 0 Å². The second-order valence-corrected chi connectivity index (χ2v) is 8.26. The lowest BCUT2D eigenvalue weighted by Gasteiger charge is -2.19. The maximum absolute atomic E-state index is 14.6. The van der Waals surface area contributed by atoms with E-state index in [0.717, 1.165) is 37.7 Å². The fourth-order valence-corrected chi connectivity index (χ4v) is 4.02. The van der Waals surface area contributed by atoms with Crippen LogP contribution in [0.25, 0.3) is 16.7 Å². The molecule has 4 rings (SSSR count). The van der Waals surface area contributed by atoms with Crippen LogP contribution in [-0.2, 0) is 11.3 Å². The lowest BCUT2D eigenvalue weighted by atomic mass is 10.1. The van der Waals surface area contributed by atoms with Crippen molar-refractivity contribution < 1.29 is 27.5 Å². The number of imidazole rings is 1. The molecular formula is C23H26F4N4O2. The maximum Gasteiger partial charge on any atom is 0.490 e. The van der Waals surface area contributed by atoms with Gasteiger partial charge in [-0.25, -0.2) is 14.2 Å². The number of carbonyl (C=O) groups is 1. The monoisotopic (exact) mass is 466 g/mol. The largest absolute Gasteiger partial charge is 0.490 e. The van der Waals surface area contributed by atoms with E-state index in [0.29, 0.717) is 17.0 Å². The minimum absolute atomic E-state index is 0.225. The topological polar surface area (TPSA) is 61.6 Å². The van der Waals surface area contributed by atoms with E-state index in [9.17, 15) is 17.6 Å². The Morgan fingerprint density at radius 2 is 1.82 bits per heavy atom. The predicted octanol–water partition coefficient (Wildman–Crippen LogP) is 4.18. The number of halogens is 4. The van der Waals surface area contributed by atoms with Gasteiger partial charge in [-0.15, -0.1) is 0 Å². The SMILES string of the molecule is CN(C)CC1CCN(Cc2nc3cccc(F)c3n2-c2ccccc2)C1.O=C(O)C(F)(F)F. The minimum Gasteiger partial charge on any atom is -0.475 e. The van der Waals surface area contributed by atoms with Crippen molar-refractivity contribution in [2.75, 3.05) is 33.7 Å². The fourth-order valence-electron chi connectivity index (χ4n) is 4.02. The molecule has 1 atom stereocenters. The second-order valence-electron chi connectivity index (χ2n) is 8.26. The number of hydrogen-bond donors (Lipinski definition) is 1. The molecule has 1 saturated heterocycles. The Balaban J connectivity index is 0.000000383. The third kappa shape index (κ3) is 6.29. The molecule has 0 bridgehead atoms. The number of benzene rings is 2. The molecule has 1 aliphatic rings. The summed E-state index contributed by atoms with van der Waals surface area (Å²) in [5, 5.41) is 7.12. The van der Waals surface area contributed by atoms with Gasteiger partial charge in [0.2, 0.25) is 0 Å². The first kappa shape index (κ1) is 24.7. The Kier molecular flexibility index (Phi) is 7.70. The van der Waals surface area contributed by atoms with E-state index in [2.05, 4.69) is 23.9 Å². The van der Waals surface area contributed by atoms with Crippen molar-refractivity contribution in [2.45, 2.75) is 19.1 Å². The highest BCUT2D eigenvalue weighted by molar-refractivity contribution is 5.79. The van der Waals surface area contributed by atoms with Crippen LogP contribution >= 0.6 is 0 Å². The van der Waals surface area contributed by atoms with E-state index in [4.69, 9.17) is 14.9 Å². The molecule has 3 aromatic rings. The molecule has 6 nitrogen and oxygen atoms in total. The lowest BCUT2D eigenvalue weighted by Crippen LogP contribution is -2.26. The van der Waals surface area contributed by atoms with Gasteiger partial charge in [-0.05, 0) is 57.2 Å². The zero-order chi connectivity index (χ0) is 24.2. The molecule has 178 valence electrons. The van der Waals surface area contributed by atoms with Crippen molar-refractivity contribution in [1.29, 1.82) is 0 Å². The van der Waals surface area contributed by atoms with Crippen LogP contribution in [0.2, 0.25) is 0 Å². The minimum atomic E-state index is -5.08. The van der Waals surface area contributed by atoms with Crippen molar-refractivity contribution in [2.24, 2.45) is 5.92 Å². The maximum atomic E-state index is 14.6. The highest BCUT2D eigenvalue weighted by Crippen LogP contribution is 2.26. The number of aliphatic carboxylic acids is 1. The van der Waals surface area contributed by atoms with Crippen LogP contribution in [-0.4, -0.2) is 70.3 Å². The van der Waals surface area contributed by atoms with E-state index in [-0.39, 0.29) is 5.82 Å². The number of fused-ring (bicyclic) bond motifs is 1. The van der Waals surface area contributed by atoms with Crippen LogP contribution in [0.4, 0.5) is 17.6 Å². The van der Waals surface area contributed by atoms with E-state index in [1.807, 2.05) is 41.0 Å². The molecule has 1 aliphatic heterocycles. The number of rotatable bonds is 5. The molecule has 1 N–H and O–H groups in total. The number of carboxylic acids is 1. The molecule has 33 heavy (non-hydrogen) atoms. The molecule has 0 amide bonds. The van der Waals surface area contributed by atoms with Crippen LogP contribution in [0.3, 0.4) is 0 Å². The number of hydrogen-bond acceptors (Lipinski definition) is 4. The summed E-state index contributed by atoms with van der Waals surface area (Å²) in [5.74, 6) is -1.39. The molecule has 1 fully saturated rings. The molecule has 0 saturated carbocycles. The van der Waals surface area contributed by atoms with Crippen molar-refractivity contribution in [1.82, 2.24) is 19.4 Å². The van der Waals surface area contributed by atoms with Crippen molar-refractivity contribution in [3.8, 4) is 5.69 Å². The number of para-hydroxylation sites is 2. The van der Waals surface area contributed by atoms with Gasteiger partial charge in [0.1, 0.15) is 17.2 Å². The average molecular weight is 466 g/mol. The van der Waals surface area contributed by atoms with Gasteiger partial charge in [0.15, 0.2) is 0 Å². The number of likely N-dealkylation sites (tertiary alicyclic amines) is 1. The Hall–Kier alpha value is -2.98. The molecule has 2 aromatic carbocycles. The Bertz CT molecular complexity index is 1080. The molecule has 1 aromatic heterocycles. The van der Waals surface area contributed by atoms with Gasteiger partial charge in [0.25, 0.3) is 0 Å². The molecule has 0 aliphatic carbocycles. The standard InChI is InChI=1S/C21H25FN4.C2HF3O2/c1-24(2)13-16-11-12-25(14-16)15-20-23-19-10-6-9-18(22)21(19)26(20)17-7-4-3-5-8-17;3-2(4,5)1(6)7/h3-10,16H,11-15H2,1-2H3;(H,6,7). The summed E-state index contributed by atoms with van der Waals surface area (Å²) in [4.78, 5) is 18.4. The quantitative estimate of drug-likeness (QED) is 0.572. The lowest BCUT2D eigenvalue weighted by molar-refractivity contribution is -0.192. The van der Waals surface area contributed by atoms with Crippen molar-refractivity contribution >= 4 is 17.0 Å². The summed E-state index contributed by atoms with van der Waals surface area (Å²) >= 11 is 0. The number of carboxylic acid groups (broad SMARTS) is 1. The smallest absolute Gasteiger partial charge is 0.475 e. The molecule has 1 unspecified atom stereocenters. The van der Waals surface area contributed by atoms with E-state index >= 15 is 0 Å². The van der Waals surface area contributed by atoms with Crippen molar-refractivity contribution in [3.05, 3.63) is 60.2 Å². The summed E-state index contributed by atoms with van der Waals surface area (Å²) in [6.45, 7) is 3.99. The van der Waals surface area contributed by atoms with E-state index in [1.165, 1.54) is 12.5 Å². The summed E-state index contributed by atoms with van der Waals surface area (Å²) in [6.07, 6.45) is -3.88. The number of alkyl halides is 3. The van der Waals surface area contributed by atoms with E-state index in [1.54, 1.807) is 6.07 Å². The summed E-state index contributed by atoms with van der Waals surface area (Å²) < 4.78 is 48.3. The first-order valence-electron chi connectivity index (χ1n) is 10.4. The highest BCUT2D eigenvalue weighted by atomic mass is 19.4. The highest BCUT2D eigenvalue weighted by Gasteiger charge is 2.38. The summed E-state index contributed by atoms with van der Waals surface area (Å²) in [7, 11) is 4.25. The average Bonchev–Trinajstić information content (AvgIpc) is 3.32.